The zero-order valence-corrected chi connectivity index (χ0v) is 19.5. The van der Waals surface area contributed by atoms with E-state index in [1.807, 2.05) is 14.1 Å². The van der Waals surface area contributed by atoms with Crippen LogP contribution in [-0.2, 0) is 7.05 Å². The van der Waals surface area contributed by atoms with E-state index in [2.05, 4.69) is 36.6 Å². The van der Waals surface area contributed by atoms with Crippen LogP contribution in [0, 0.1) is 11.6 Å². The van der Waals surface area contributed by atoms with Gasteiger partial charge in [-0.25, -0.2) is 13.6 Å². The number of hydrogen-bond donors (Lipinski definition) is 2. The Balaban J connectivity index is 1.81. The van der Waals surface area contributed by atoms with Crippen molar-refractivity contribution < 1.29 is 18.3 Å². The predicted molar refractivity (Wildman–Crippen MR) is 124 cm³/mol. The van der Waals surface area contributed by atoms with Gasteiger partial charge in [0.15, 0.2) is 0 Å². The number of aromatic nitrogens is 2. The zero-order chi connectivity index (χ0) is 23.3. The topological polar surface area (TPSA) is 71.4 Å². The molecule has 2 amide bonds. The Morgan fingerprint density at radius 2 is 1.97 bits per heavy atom. The second-order valence-electron chi connectivity index (χ2n) is 7.38. The monoisotopic (exact) mass is 507 g/mol. The standard InChI is InChI=1S/C22H24BrF2N5O2/c1-29(2)9-4-10-32-20-8-6-15(12-16(20)21-17(23)13-26-30(21)3)27-22(31)28-19-7-5-14(24)11-18(19)25/h5-8,11-13H,4,9-10H2,1-3H3,(H2,27,28,31). The van der Waals surface area contributed by atoms with Crippen molar-refractivity contribution in [2.45, 2.75) is 6.42 Å². The molecule has 0 bridgehead atoms. The summed E-state index contributed by atoms with van der Waals surface area (Å²) < 4.78 is 35.4. The molecule has 3 rings (SSSR count). The number of hydrogen-bond acceptors (Lipinski definition) is 4. The molecule has 7 nitrogen and oxygen atoms in total. The fourth-order valence-electron chi connectivity index (χ4n) is 3.07. The first kappa shape index (κ1) is 23.7. The summed E-state index contributed by atoms with van der Waals surface area (Å²) in [6.07, 6.45) is 2.53. The van der Waals surface area contributed by atoms with Crippen LogP contribution in [0.3, 0.4) is 0 Å². The highest BCUT2D eigenvalue weighted by Crippen LogP contribution is 2.36. The van der Waals surface area contributed by atoms with Gasteiger partial charge in [0.25, 0.3) is 0 Å². The molecule has 3 aromatic rings. The van der Waals surface area contributed by atoms with Gasteiger partial charge in [0.1, 0.15) is 17.4 Å². The van der Waals surface area contributed by atoms with Gasteiger partial charge in [0.2, 0.25) is 0 Å². The number of nitrogens with one attached hydrogen (secondary N) is 2. The molecule has 0 aliphatic rings. The Bertz CT molecular complexity index is 1080. The van der Waals surface area contributed by atoms with E-state index in [0.717, 1.165) is 40.8 Å². The van der Waals surface area contributed by atoms with E-state index in [1.165, 1.54) is 0 Å². The Morgan fingerprint density at radius 1 is 1.19 bits per heavy atom. The van der Waals surface area contributed by atoms with Crippen molar-refractivity contribution in [2.75, 3.05) is 37.9 Å². The molecule has 0 unspecified atom stereocenters. The molecule has 2 N–H and O–H groups in total. The van der Waals surface area contributed by atoms with E-state index in [0.29, 0.717) is 24.1 Å². The third-order valence-corrected chi connectivity index (χ3v) is 5.15. The number of aryl methyl sites for hydroxylation is 1. The molecule has 0 spiro atoms. The highest BCUT2D eigenvalue weighted by Gasteiger charge is 2.16. The van der Waals surface area contributed by atoms with Gasteiger partial charge < -0.3 is 20.3 Å². The van der Waals surface area contributed by atoms with Gasteiger partial charge in [-0.3, -0.25) is 4.68 Å². The largest absolute Gasteiger partial charge is 0.493 e. The Morgan fingerprint density at radius 3 is 2.62 bits per heavy atom. The lowest BCUT2D eigenvalue weighted by atomic mass is 10.1. The summed E-state index contributed by atoms with van der Waals surface area (Å²) in [6.45, 7) is 1.42. The molecule has 0 saturated heterocycles. The van der Waals surface area contributed by atoms with Crippen molar-refractivity contribution in [3.8, 4) is 17.0 Å². The van der Waals surface area contributed by atoms with E-state index in [4.69, 9.17) is 4.74 Å². The summed E-state index contributed by atoms with van der Waals surface area (Å²) in [5.41, 5.74) is 1.85. The second-order valence-corrected chi connectivity index (χ2v) is 8.24. The minimum atomic E-state index is -0.860. The number of carbonyl (C=O) groups excluding carboxylic acids is 1. The van der Waals surface area contributed by atoms with E-state index >= 15 is 0 Å². The van der Waals surface area contributed by atoms with Crippen LogP contribution in [0.2, 0.25) is 0 Å². The Kier molecular flexibility index (Phi) is 7.81. The molecule has 0 atom stereocenters. The molecule has 0 aliphatic carbocycles. The summed E-state index contributed by atoms with van der Waals surface area (Å²) in [4.78, 5) is 14.4. The molecule has 170 valence electrons. The van der Waals surface area contributed by atoms with Crippen molar-refractivity contribution in [1.29, 1.82) is 0 Å². The second kappa shape index (κ2) is 10.6. The van der Waals surface area contributed by atoms with Gasteiger partial charge in [0, 0.05) is 30.9 Å². The Labute approximate surface area is 193 Å². The number of carbonyl (C=O) groups is 1. The first-order chi connectivity index (χ1) is 15.2. The number of nitrogens with zero attached hydrogens (tertiary/aromatic N) is 3. The van der Waals surface area contributed by atoms with Gasteiger partial charge >= 0.3 is 6.03 Å². The lowest BCUT2D eigenvalue weighted by molar-refractivity contribution is 0.262. The van der Waals surface area contributed by atoms with Crippen LogP contribution in [0.5, 0.6) is 5.75 Å². The molecular formula is C22H24BrF2N5O2. The van der Waals surface area contributed by atoms with Crippen LogP contribution in [0.15, 0.2) is 47.1 Å². The van der Waals surface area contributed by atoms with E-state index in [-0.39, 0.29) is 5.69 Å². The minimum Gasteiger partial charge on any atom is -0.493 e. The highest BCUT2D eigenvalue weighted by molar-refractivity contribution is 9.10. The smallest absolute Gasteiger partial charge is 0.323 e. The maximum atomic E-state index is 13.8. The quantitative estimate of drug-likeness (QED) is 0.416. The summed E-state index contributed by atoms with van der Waals surface area (Å²) in [5.74, 6) is -0.939. The molecule has 2 aromatic carbocycles. The molecule has 32 heavy (non-hydrogen) atoms. The van der Waals surface area contributed by atoms with Crippen LogP contribution in [0.4, 0.5) is 25.0 Å². The van der Waals surface area contributed by atoms with Crippen molar-refractivity contribution in [1.82, 2.24) is 14.7 Å². The third-order valence-electron chi connectivity index (χ3n) is 4.57. The molecule has 0 fully saturated rings. The lowest BCUT2D eigenvalue weighted by Gasteiger charge is -2.16. The molecule has 1 aromatic heterocycles. The van der Waals surface area contributed by atoms with E-state index in [1.54, 1.807) is 36.1 Å². The van der Waals surface area contributed by atoms with Crippen molar-refractivity contribution >= 4 is 33.3 Å². The summed E-state index contributed by atoms with van der Waals surface area (Å²) in [7, 11) is 5.81. The van der Waals surface area contributed by atoms with Crippen molar-refractivity contribution in [3.63, 3.8) is 0 Å². The lowest BCUT2D eigenvalue weighted by Crippen LogP contribution is -2.20. The summed E-state index contributed by atoms with van der Waals surface area (Å²) in [5, 5.41) is 9.29. The predicted octanol–water partition coefficient (Wildman–Crippen LogP) is 5.10. The van der Waals surface area contributed by atoms with Crippen LogP contribution in [0.1, 0.15) is 6.42 Å². The summed E-state index contributed by atoms with van der Waals surface area (Å²) >= 11 is 3.50. The van der Waals surface area contributed by atoms with Crippen LogP contribution in [-0.4, -0.2) is 48.0 Å². The molecule has 10 heteroatoms. The average Bonchev–Trinajstić information content (AvgIpc) is 3.06. The summed E-state index contributed by atoms with van der Waals surface area (Å²) in [6, 6.07) is 7.48. The number of rotatable bonds is 8. The number of amides is 2. The van der Waals surface area contributed by atoms with Gasteiger partial charge in [-0.05, 0) is 66.8 Å². The first-order valence-corrected chi connectivity index (χ1v) is 10.7. The highest BCUT2D eigenvalue weighted by atomic mass is 79.9. The SMILES string of the molecule is CN(C)CCCOc1ccc(NC(=O)Nc2ccc(F)cc2F)cc1-c1c(Br)cnn1C. The Hall–Kier alpha value is -2.98. The van der Waals surface area contributed by atoms with Gasteiger partial charge in [-0.2, -0.15) is 5.10 Å². The maximum Gasteiger partial charge on any atom is 0.323 e. The minimum absolute atomic E-state index is 0.126. The van der Waals surface area contributed by atoms with Gasteiger partial charge in [0.05, 0.1) is 28.7 Å². The van der Waals surface area contributed by atoms with E-state index in [9.17, 15) is 13.6 Å². The van der Waals surface area contributed by atoms with Crippen molar-refractivity contribution in [2.24, 2.45) is 7.05 Å². The fraction of sp³-hybridized carbons (Fsp3) is 0.273. The van der Waals surface area contributed by atoms with Crippen LogP contribution >= 0.6 is 15.9 Å². The number of benzene rings is 2. The van der Waals surface area contributed by atoms with E-state index < -0.39 is 17.7 Å². The maximum absolute atomic E-state index is 13.8. The number of anilines is 2. The fourth-order valence-corrected chi connectivity index (χ4v) is 3.63. The van der Waals surface area contributed by atoms with Crippen LogP contribution in [0.25, 0.3) is 11.3 Å². The van der Waals surface area contributed by atoms with Gasteiger partial charge in [-0.15, -0.1) is 0 Å². The van der Waals surface area contributed by atoms with Gasteiger partial charge in [-0.1, -0.05) is 0 Å². The number of urea groups is 1. The molecule has 0 radical (unpaired) electrons. The third kappa shape index (κ3) is 6.04. The number of ether oxygens (including phenoxy) is 1. The van der Waals surface area contributed by atoms with Crippen molar-refractivity contribution in [3.05, 3.63) is 58.7 Å². The molecule has 0 aliphatic heterocycles. The molecule has 0 saturated carbocycles. The zero-order valence-electron chi connectivity index (χ0n) is 18.0. The normalized spacial score (nSPS) is 11.0. The average molecular weight is 508 g/mol. The molecular weight excluding hydrogens is 484 g/mol. The first-order valence-electron chi connectivity index (χ1n) is 9.87. The van der Waals surface area contributed by atoms with Crippen LogP contribution < -0.4 is 15.4 Å². The molecule has 1 heterocycles. The number of halogens is 3.